The van der Waals surface area contributed by atoms with Crippen LogP contribution >= 0.6 is 0 Å². The average Bonchev–Trinajstić information content (AvgIpc) is 3.20. The van der Waals surface area contributed by atoms with Gasteiger partial charge in [-0.2, -0.15) is 0 Å². The molecule has 1 aliphatic rings. The van der Waals surface area contributed by atoms with Crippen LogP contribution in [0.25, 0.3) is 10.9 Å². The highest BCUT2D eigenvalue weighted by Crippen LogP contribution is 2.40. The van der Waals surface area contributed by atoms with Gasteiger partial charge in [-0.1, -0.05) is 0 Å². The highest BCUT2D eigenvalue weighted by Gasteiger charge is 2.23. The Hall–Kier alpha value is -1.90. The van der Waals surface area contributed by atoms with Crippen LogP contribution in [0.2, 0.25) is 0 Å². The van der Waals surface area contributed by atoms with Crippen molar-refractivity contribution in [3.63, 3.8) is 0 Å². The van der Waals surface area contributed by atoms with Crippen molar-refractivity contribution in [1.29, 1.82) is 0 Å². The normalized spacial score (nSPS) is 14.9. The van der Waals surface area contributed by atoms with Crippen molar-refractivity contribution >= 4 is 16.9 Å². The Morgan fingerprint density at radius 3 is 2.88 bits per heavy atom. The number of hydrogen-bond acceptors (Lipinski definition) is 3. The molecule has 1 saturated carbocycles. The number of pyridine rings is 1. The number of carbonyl (C=O) groups excluding carboxylic acids is 1. The van der Waals surface area contributed by atoms with Crippen LogP contribution in [0.3, 0.4) is 0 Å². The molecule has 0 saturated heterocycles. The molecule has 1 aromatic carbocycles. The first-order valence-corrected chi connectivity index (χ1v) is 5.76. The fraction of sp³-hybridized carbons (Fsp3) is 0.286. The topological polar surface area (TPSA) is 39.2 Å². The second kappa shape index (κ2) is 3.84. The molecule has 3 heteroatoms. The summed E-state index contributed by atoms with van der Waals surface area (Å²) >= 11 is 0. The molecule has 1 aromatic heterocycles. The van der Waals surface area contributed by atoms with Crippen molar-refractivity contribution in [2.45, 2.75) is 18.8 Å². The molecule has 0 aliphatic heterocycles. The van der Waals surface area contributed by atoms with E-state index in [9.17, 15) is 4.79 Å². The van der Waals surface area contributed by atoms with Crippen molar-refractivity contribution in [3.8, 4) is 0 Å². The fourth-order valence-corrected chi connectivity index (χ4v) is 2.03. The van der Waals surface area contributed by atoms with Crippen LogP contribution in [0.1, 0.15) is 34.7 Å². The number of carbonyl (C=O) groups is 1. The first kappa shape index (κ1) is 10.3. The van der Waals surface area contributed by atoms with E-state index in [4.69, 9.17) is 4.74 Å². The van der Waals surface area contributed by atoms with Crippen molar-refractivity contribution < 1.29 is 9.53 Å². The van der Waals surface area contributed by atoms with Gasteiger partial charge in [-0.3, -0.25) is 4.98 Å². The van der Waals surface area contributed by atoms with E-state index in [1.807, 2.05) is 18.3 Å². The van der Waals surface area contributed by atoms with Gasteiger partial charge in [0.05, 0.1) is 18.2 Å². The van der Waals surface area contributed by atoms with Crippen molar-refractivity contribution in [2.24, 2.45) is 0 Å². The van der Waals surface area contributed by atoms with E-state index in [1.54, 1.807) is 6.07 Å². The number of benzene rings is 1. The highest BCUT2D eigenvalue weighted by atomic mass is 16.5. The zero-order valence-corrected chi connectivity index (χ0v) is 9.64. The van der Waals surface area contributed by atoms with Crippen molar-refractivity contribution in [2.75, 3.05) is 7.11 Å². The van der Waals surface area contributed by atoms with Crippen molar-refractivity contribution in [1.82, 2.24) is 4.98 Å². The van der Waals surface area contributed by atoms with Crippen LogP contribution < -0.4 is 0 Å². The first-order valence-electron chi connectivity index (χ1n) is 5.76. The van der Waals surface area contributed by atoms with Crippen molar-refractivity contribution in [3.05, 3.63) is 41.6 Å². The van der Waals surface area contributed by atoms with Gasteiger partial charge in [-0.15, -0.1) is 0 Å². The molecule has 17 heavy (non-hydrogen) atoms. The van der Waals surface area contributed by atoms with E-state index in [2.05, 4.69) is 11.1 Å². The molecule has 0 N–H and O–H groups in total. The minimum absolute atomic E-state index is 0.302. The number of hydrogen-bond donors (Lipinski definition) is 0. The number of rotatable bonds is 2. The summed E-state index contributed by atoms with van der Waals surface area (Å²) in [5.41, 5.74) is 2.77. The Morgan fingerprint density at radius 2 is 2.18 bits per heavy atom. The lowest BCUT2D eigenvalue weighted by molar-refractivity contribution is 0.0601. The molecule has 0 unspecified atom stereocenters. The molecule has 0 bridgehead atoms. The molecule has 2 aromatic rings. The summed E-state index contributed by atoms with van der Waals surface area (Å²) in [7, 11) is 1.39. The molecule has 0 amide bonds. The molecule has 0 spiro atoms. The van der Waals surface area contributed by atoms with Crippen LogP contribution in [-0.2, 0) is 4.74 Å². The maximum Gasteiger partial charge on any atom is 0.337 e. The van der Waals surface area contributed by atoms with E-state index in [0.717, 1.165) is 10.9 Å². The van der Waals surface area contributed by atoms with Gasteiger partial charge >= 0.3 is 5.97 Å². The van der Waals surface area contributed by atoms with Gasteiger partial charge in [0.2, 0.25) is 0 Å². The number of methoxy groups -OCH3 is 1. The summed E-state index contributed by atoms with van der Waals surface area (Å²) in [5.74, 6) is 0.373. The van der Waals surface area contributed by atoms with Crippen LogP contribution in [-0.4, -0.2) is 18.1 Å². The van der Waals surface area contributed by atoms with Crippen LogP contribution in [0, 0.1) is 0 Å². The van der Waals surface area contributed by atoms with Gasteiger partial charge in [0, 0.05) is 11.6 Å². The predicted molar refractivity (Wildman–Crippen MR) is 65.1 cm³/mol. The summed E-state index contributed by atoms with van der Waals surface area (Å²) in [4.78, 5) is 15.9. The third-order valence-corrected chi connectivity index (χ3v) is 3.17. The van der Waals surface area contributed by atoms with Crippen LogP contribution in [0.4, 0.5) is 0 Å². The molecule has 0 atom stereocenters. The van der Waals surface area contributed by atoms with E-state index in [-0.39, 0.29) is 5.97 Å². The quantitative estimate of drug-likeness (QED) is 0.740. The number of ether oxygens (including phenoxy) is 1. The van der Waals surface area contributed by atoms with E-state index in [1.165, 1.54) is 25.5 Å². The maximum absolute atomic E-state index is 11.4. The molecule has 0 radical (unpaired) electrons. The molecule has 1 fully saturated rings. The molecular formula is C14H13NO2. The third-order valence-electron chi connectivity index (χ3n) is 3.17. The van der Waals surface area contributed by atoms with Crippen LogP contribution in [0.15, 0.2) is 30.5 Å². The lowest BCUT2D eigenvalue weighted by atomic mass is 10.1. The zero-order valence-electron chi connectivity index (χ0n) is 9.64. The van der Waals surface area contributed by atoms with Gasteiger partial charge in [-0.25, -0.2) is 4.79 Å². The summed E-state index contributed by atoms with van der Waals surface area (Å²) in [6.45, 7) is 0. The molecular weight excluding hydrogens is 214 g/mol. The Labute approximate surface area is 99.4 Å². The highest BCUT2D eigenvalue weighted by molar-refractivity contribution is 5.94. The second-order valence-corrected chi connectivity index (χ2v) is 4.44. The summed E-state index contributed by atoms with van der Waals surface area (Å²) in [6.07, 6.45) is 4.45. The lowest BCUT2D eigenvalue weighted by Crippen LogP contribution is -2.00. The molecule has 1 aliphatic carbocycles. The van der Waals surface area contributed by atoms with Gasteiger partial charge in [0.25, 0.3) is 0 Å². The Balaban J connectivity index is 2.09. The second-order valence-electron chi connectivity index (χ2n) is 4.44. The molecule has 86 valence electrons. The Morgan fingerprint density at radius 1 is 1.35 bits per heavy atom. The van der Waals surface area contributed by atoms with Crippen LogP contribution in [0.5, 0.6) is 0 Å². The third kappa shape index (κ3) is 1.88. The smallest absolute Gasteiger partial charge is 0.337 e. The summed E-state index contributed by atoms with van der Waals surface area (Å²) < 4.78 is 4.72. The zero-order chi connectivity index (χ0) is 11.8. The SMILES string of the molecule is COC(=O)c1ccc2ncc(C3CC3)cc2c1. The minimum Gasteiger partial charge on any atom is -0.465 e. The number of aromatic nitrogens is 1. The number of fused-ring (bicyclic) bond motifs is 1. The Bertz CT molecular complexity index is 588. The largest absolute Gasteiger partial charge is 0.465 e. The molecule has 3 rings (SSSR count). The lowest BCUT2D eigenvalue weighted by Gasteiger charge is -2.03. The van der Waals surface area contributed by atoms with E-state index in [0.29, 0.717) is 11.5 Å². The minimum atomic E-state index is -0.302. The molecule has 3 nitrogen and oxygen atoms in total. The number of esters is 1. The summed E-state index contributed by atoms with van der Waals surface area (Å²) in [5, 5.41) is 1.01. The Kier molecular flexibility index (Phi) is 2.32. The van der Waals surface area contributed by atoms with Gasteiger partial charge in [-0.05, 0) is 48.6 Å². The standard InChI is InChI=1S/C14H13NO2/c1-17-14(16)10-4-5-13-11(6-10)7-12(8-15-13)9-2-3-9/h4-9H,2-3H2,1H3. The van der Waals surface area contributed by atoms with Gasteiger partial charge in [0.1, 0.15) is 0 Å². The van der Waals surface area contributed by atoms with Gasteiger partial charge in [0.15, 0.2) is 0 Å². The first-order chi connectivity index (χ1) is 8.28. The monoisotopic (exact) mass is 227 g/mol. The van der Waals surface area contributed by atoms with E-state index >= 15 is 0 Å². The maximum atomic E-state index is 11.4. The summed E-state index contributed by atoms with van der Waals surface area (Å²) in [6, 6.07) is 7.59. The fourth-order valence-electron chi connectivity index (χ4n) is 2.03. The van der Waals surface area contributed by atoms with E-state index < -0.39 is 0 Å². The average molecular weight is 227 g/mol. The predicted octanol–water partition coefficient (Wildman–Crippen LogP) is 2.90. The van der Waals surface area contributed by atoms with Gasteiger partial charge < -0.3 is 4.74 Å². The molecule has 1 heterocycles. The number of nitrogens with zero attached hydrogens (tertiary/aromatic N) is 1.